The summed E-state index contributed by atoms with van der Waals surface area (Å²) in [6, 6.07) is 0. The number of carbonyl (C=O) groups excluding carboxylic acids is 2. The molecule has 1 spiro atoms. The van der Waals surface area contributed by atoms with Gasteiger partial charge in [0.15, 0.2) is 0 Å². The molecule has 0 aromatic rings. The normalized spacial score (nSPS) is 28.2. The molecule has 0 aromatic carbocycles. The van der Waals surface area contributed by atoms with Crippen LogP contribution < -0.4 is 5.73 Å². The lowest BCUT2D eigenvalue weighted by Gasteiger charge is -2.38. The van der Waals surface area contributed by atoms with Crippen molar-refractivity contribution < 1.29 is 19.4 Å². The number of carbonyl (C=O) groups is 2. The molecule has 2 aliphatic rings. The highest BCUT2D eigenvalue weighted by molar-refractivity contribution is 5.79. The number of nitrogens with zero attached hydrogens (tertiary/aromatic N) is 2. The topological polar surface area (TPSA) is 96.1 Å². The SMILES string of the molecule is COCC(=O)N1CC2(CCN(CC(N)=O)CC2)C[C@@]1(C)CO. The molecule has 2 rings (SSSR count). The van der Waals surface area contributed by atoms with Crippen LogP contribution in [0.1, 0.15) is 26.2 Å². The highest BCUT2D eigenvalue weighted by atomic mass is 16.5. The monoisotopic (exact) mass is 313 g/mol. The van der Waals surface area contributed by atoms with E-state index in [0.29, 0.717) is 13.1 Å². The molecular weight excluding hydrogens is 286 g/mol. The fourth-order valence-electron chi connectivity index (χ4n) is 3.96. The van der Waals surface area contributed by atoms with Crippen LogP contribution >= 0.6 is 0 Å². The maximum atomic E-state index is 12.3. The van der Waals surface area contributed by atoms with E-state index in [1.807, 2.05) is 6.92 Å². The fraction of sp³-hybridized carbons (Fsp3) is 0.867. The Morgan fingerprint density at radius 2 is 1.95 bits per heavy atom. The summed E-state index contributed by atoms with van der Waals surface area (Å²) in [5, 5.41) is 9.79. The number of piperidine rings is 1. The minimum atomic E-state index is -0.526. The minimum absolute atomic E-state index is 0.0228. The maximum Gasteiger partial charge on any atom is 0.249 e. The lowest BCUT2D eigenvalue weighted by Crippen LogP contribution is -2.49. The highest BCUT2D eigenvalue weighted by Gasteiger charge is 2.52. The fourth-order valence-corrected chi connectivity index (χ4v) is 3.96. The smallest absolute Gasteiger partial charge is 0.249 e. The van der Waals surface area contributed by atoms with Gasteiger partial charge in [-0.05, 0) is 44.7 Å². The molecule has 0 aromatic heterocycles. The molecule has 2 heterocycles. The van der Waals surface area contributed by atoms with Crippen molar-refractivity contribution in [3.63, 3.8) is 0 Å². The molecule has 126 valence electrons. The Hall–Kier alpha value is -1.18. The molecule has 0 saturated carbocycles. The number of ether oxygens (including phenoxy) is 1. The summed E-state index contributed by atoms with van der Waals surface area (Å²) in [4.78, 5) is 27.1. The number of methoxy groups -OCH3 is 1. The molecule has 1 atom stereocenters. The van der Waals surface area contributed by atoms with Crippen molar-refractivity contribution in [2.45, 2.75) is 31.7 Å². The van der Waals surface area contributed by atoms with Crippen LogP contribution in [0.3, 0.4) is 0 Å². The van der Waals surface area contributed by atoms with E-state index in [-0.39, 0.29) is 30.4 Å². The molecule has 2 amide bonds. The second-order valence-electron chi connectivity index (χ2n) is 6.99. The molecule has 0 bridgehead atoms. The first-order valence-corrected chi connectivity index (χ1v) is 7.75. The first kappa shape index (κ1) is 17.2. The third-order valence-electron chi connectivity index (χ3n) is 5.11. The third kappa shape index (κ3) is 3.42. The van der Waals surface area contributed by atoms with Gasteiger partial charge in [0.2, 0.25) is 11.8 Å². The average molecular weight is 313 g/mol. The van der Waals surface area contributed by atoms with Crippen molar-refractivity contribution >= 4 is 11.8 Å². The Bertz CT molecular complexity index is 435. The van der Waals surface area contributed by atoms with Crippen LogP contribution in [0.25, 0.3) is 0 Å². The molecule has 7 nitrogen and oxygen atoms in total. The van der Waals surface area contributed by atoms with E-state index in [4.69, 9.17) is 10.5 Å². The van der Waals surface area contributed by atoms with Crippen molar-refractivity contribution in [3.8, 4) is 0 Å². The van der Waals surface area contributed by atoms with Crippen molar-refractivity contribution in [3.05, 3.63) is 0 Å². The van der Waals surface area contributed by atoms with Gasteiger partial charge in [0.05, 0.1) is 18.7 Å². The maximum absolute atomic E-state index is 12.3. The molecule has 0 aliphatic carbocycles. The van der Waals surface area contributed by atoms with Gasteiger partial charge in [0.25, 0.3) is 0 Å². The second kappa shape index (κ2) is 6.52. The molecule has 7 heteroatoms. The first-order valence-electron chi connectivity index (χ1n) is 7.75. The van der Waals surface area contributed by atoms with Crippen molar-refractivity contribution in [1.82, 2.24) is 9.80 Å². The van der Waals surface area contributed by atoms with E-state index in [9.17, 15) is 14.7 Å². The van der Waals surface area contributed by atoms with Gasteiger partial charge >= 0.3 is 0 Å². The van der Waals surface area contributed by atoms with Crippen LogP contribution in [0.5, 0.6) is 0 Å². The number of hydrogen-bond donors (Lipinski definition) is 2. The van der Waals surface area contributed by atoms with Gasteiger partial charge in [-0.15, -0.1) is 0 Å². The number of likely N-dealkylation sites (tertiary alicyclic amines) is 2. The summed E-state index contributed by atoms with van der Waals surface area (Å²) in [7, 11) is 1.50. The van der Waals surface area contributed by atoms with Crippen molar-refractivity contribution in [2.24, 2.45) is 11.1 Å². The number of nitrogens with two attached hydrogens (primary N) is 1. The predicted molar refractivity (Wildman–Crippen MR) is 81.0 cm³/mol. The summed E-state index contributed by atoms with van der Waals surface area (Å²) >= 11 is 0. The van der Waals surface area contributed by atoms with Gasteiger partial charge in [0.1, 0.15) is 6.61 Å². The second-order valence-corrected chi connectivity index (χ2v) is 6.99. The quantitative estimate of drug-likeness (QED) is 0.691. The Morgan fingerprint density at radius 3 is 2.45 bits per heavy atom. The van der Waals surface area contributed by atoms with Crippen LogP contribution in [0.15, 0.2) is 0 Å². The molecule has 0 unspecified atom stereocenters. The van der Waals surface area contributed by atoms with Crippen LogP contribution in [0.2, 0.25) is 0 Å². The Labute approximate surface area is 131 Å². The molecule has 2 fully saturated rings. The van der Waals surface area contributed by atoms with Crippen molar-refractivity contribution in [2.75, 3.05) is 46.5 Å². The number of amides is 2. The lowest BCUT2D eigenvalue weighted by molar-refractivity contribution is -0.140. The molecular formula is C15H27N3O4. The summed E-state index contributed by atoms with van der Waals surface area (Å²) in [5.41, 5.74) is 4.74. The van der Waals surface area contributed by atoms with E-state index in [1.165, 1.54) is 7.11 Å². The van der Waals surface area contributed by atoms with Gasteiger partial charge in [-0.3, -0.25) is 14.5 Å². The van der Waals surface area contributed by atoms with Gasteiger partial charge in [-0.25, -0.2) is 0 Å². The Balaban J connectivity index is 2.05. The van der Waals surface area contributed by atoms with Gasteiger partial charge in [0, 0.05) is 13.7 Å². The summed E-state index contributed by atoms with van der Waals surface area (Å²) in [6.45, 7) is 4.48. The van der Waals surface area contributed by atoms with E-state index >= 15 is 0 Å². The van der Waals surface area contributed by atoms with Crippen LogP contribution in [0, 0.1) is 5.41 Å². The largest absolute Gasteiger partial charge is 0.394 e. The van der Waals surface area contributed by atoms with E-state index in [2.05, 4.69) is 4.90 Å². The summed E-state index contributed by atoms with van der Waals surface area (Å²) in [5.74, 6) is -0.380. The lowest BCUT2D eigenvalue weighted by atomic mass is 9.74. The third-order valence-corrected chi connectivity index (χ3v) is 5.11. The van der Waals surface area contributed by atoms with E-state index in [1.54, 1.807) is 4.90 Å². The molecule has 2 saturated heterocycles. The van der Waals surface area contributed by atoms with Crippen LogP contribution in [-0.2, 0) is 14.3 Å². The van der Waals surface area contributed by atoms with Crippen LogP contribution in [-0.4, -0.2) is 78.8 Å². The van der Waals surface area contributed by atoms with E-state index < -0.39 is 5.54 Å². The number of hydrogen-bond acceptors (Lipinski definition) is 5. The standard InChI is InChI=1S/C15H27N3O4/c1-14(11-19)9-15(10-18(14)13(21)8-22-2)3-5-17(6-4-15)7-12(16)20/h19H,3-11H2,1-2H3,(H2,16,20)/t14-/m0/s1. The van der Waals surface area contributed by atoms with Gasteiger partial charge in [-0.1, -0.05) is 0 Å². The number of aliphatic hydroxyl groups is 1. The first-order chi connectivity index (χ1) is 10.3. The van der Waals surface area contributed by atoms with Crippen molar-refractivity contribution in [1.29, 1.82) is 0 Å². The summed E-state index contributed by atoms with van der Waals surface area (Å²) < 4.78 is 4.96. The zero-order valence-corrected chi connectivity index (χ0v) is 13.5. The minimum Gasteiger partial charge on any atom is -0.394 e. The van der Waals surface area contributed by atoms with E-state index in [0.717, 1.165) is 32.4 Å². The number of rotatable bonds is 5. The predicted octanol–water partition coefficient (Wildman–Crippen LogP) is -0.816. The summed E-state index contributed by atoms with van der Waals surface area (Å²) in [6.07, 6.45) is 2.61. The molecule has 3 N–H and O–H groups in total. The molecule has 0 radical (unpaired) electrons. The zero-order chi connectivity index (χ0) is 16.4. The van der Waals surface area contributed by atoms with Gasteiger partial charge < -0.3 is 20.5 Å². The molecule has 22 heavy (non-hydrogen) atoms. The Morgan fingerprint density at radius 1 is 1.32 bits per heavy atom. The number of aliphatic hydroxyl groups excluding tert-OH is 1. The highest BCUT2D eigenvalue weighted by Crippen LogP contribution is 2.47. The Kier molecular flexibility index (Phi) is 5.09. The van der Waals surface area contributed by atoms with Gasteiger partial charge in [-0.2, -0.15) is 0 Å². The number of primary amides is 1. The molecule has 2 aliphatic heterocycles. The average Bonchev–Trinajstić information content (AvgIpc) is 2.76. The zero-order valence-electron chi connectivity index (χ0n) is 13.5. The van der Waals surface area contributed by atoms with Crippen LogP contribution in [0.4, 0.5) is 0 Å².